The summed E-state index contributed by atoms with van der Waals surface area (Å²) >= 11 is 7.79. The topological polar surface area (TPSA) is 79.1 Å². The molecule has 226 valence electrons. The first-order chi connectivity index (χ1) is 21.3. The number of halogens is 1. The number of methoxy groups -OCH3 is 1. The quantitative estimate of drug-likeness (QED) is 0.152. The number of hydrogen-bond acceptors (Lipinski definition) is 7. The standard InChI is InChI=1S/C35H33ClN2O5S/c1-6-17-43-32-26(36)18-22(19-27(32)41-5)20-28-33(39)38-31(25-15-13-23(14-16-25)21(3)4)29(34(40)42-7-2)30(37-35(38)44-28)24-11-9-8-10-12-24/h6,8-16,18-21,31H,1,7,17H2,2-5H3/b28-20-/t31-/m1/s1. The van der Waals surface area contributed by atoms with Gasteiger partial charge in [0.05, 0.1) is 40.6 Å². The molecule has 1 atom stereocenters. The van der Waals surface area contributed by atoms with Crippen LogP contribution in [0.2, 0.25) is 5.02 Å². The summed E-state index contributed by atoms with van der Waals surface area (Å²) in [6.45, 7) is 10.1. The number of thiazole rings is 1. The molecule has 3 aromatic carbocycles. The van der Waals surface area contributed by atoms with E-state index in [9.17, 15) is 9.59 Å². The van der Waals surface area contributed by atoms with Crippen LogP contribution in [0.1, 0.15) is 55.0 Å². The van der Waals surface area contributed by atoms with Crippen LogP contribution in [-0.4, -0.2) is 30.9 Å². The van der Waals surface area contributed by atoms with Crippen LogP contribution in [0, 0.1) is 0 Å². The highest BCUT2D eigenvalue weighted by atomic mass is 35.5. The summed E-state index contributed by atoms with van der Waals surface area (Å²) in [5.74, 6) is 0.624. The Morgan fingerprint density at radius 2 is 1.86 bits per heavy atom. The van der Waals surface area contributed by atoms with E-state index in [1.165, 1.54) is 18.4 Å². The lowest BCUT2D eigenvalue weighted by molar-refractivity contribution is -0.138. The van der Waals surface area contributed by atoms with Crippen molar-refractivity contribution in [2.24, 2.45) is 4.99 Å². The van der Waals surface area contributed by atoms with Crippen molar-refractivity contribution in [2.75, 3.05) is 20.3 Å². The van der Waals surface area contributed by atoms with E-state index in [1.54, 1.807) is 35.8 Å². The second-order valence-electron chi connectivity index (χ2n) is 10.4. The van der Waals surface area contributed by atoms with Crippen LogP contribution < -0.4 is 24.4 Å². The minimum Gasteiger partial charge on any atom is -0.493 e. The molecule has 0 spiro atoms. The SMILES string of the molecule is C=CCOc1c(Cl)cc(/C=c2\sc3n(c2=O)[C@H](c2ccc(C(C)C)cc2)C(C(=O)OCC)=C(c2ccccc2)N=3)cc1OC. The first-order valence-corrected chi connectivity index (χ1v) is 15.5. The van der Waals surface area contributed by atoms with Gasteiger partial charge in [-0.2, -0.15) is 0 Å². The van der Waals surface area contributed by atoms with Crippen molar-refractivity contribution in [3.8, 4) is 11.5 Å². The fourth-order valence-corrected chi connectivity index (χ4v) is 6.35. The van der Waals surface area contributed by atoms with Crippen molar-refractivity contribution in [2.45, 2.75) is 32.7 Å². The van der Waals surface area contributed by atoms with Gasteiger partial charge in [-0.3, -0.25) is 9.36 Å². The average Bonchev–Trinajstić information content (AvgIpc) is 3.34. The molecule has 1 aliphatic rings. The van der Waals surface area contributed by atoms with E-state index in [1.807, 2.05) is 54.6 Å². The second-order valence-corrected chi connectivity index (χ2v) is 11.8. The number of esters is 1. The molecule has 9 heteroatoms. The number of carbonyl (C=O) groups is 1. The summed E-state index contributed by atoms with van der Waals surface area (Å²) in [6, 6.07) is 20.2. The molecular weight excluding hydrogens is 596 g/mol. The van der Waals surface area contributed by atoms with E-state index >= 15 is 0 Å². The molecular formula is C35H33ClN2O5S. The van der Waals surface area contributed by atoms with E-state index in [2.05, 4.69) is 20.4 Å². The number of fused-ring (bicyclic) bond motifs is 1. The van der Waals surface area contributed by atoms with Gasteiger partial charge in [-0.25, -0.2) is 9.79 Å². The van der Waals surface area contributed by atoms with Gasteiger partial charge in [0.1, 0.15) is 6.61 Å². The summed E-state index contributed by atoms with van der Waals surface area (Å²) < 4.78 is 18.8. The lowest BCUT2D eigenvalue weighted by atomic mass is 9.91. The minimum atomic E-state index is -0.753. The predicted octanol–water partition coefficient (Wildman–Crippen LogP) is 6.29. The van der Waals surface area contributed by atoms with Crippen LogP contribution in [0.5, 0.6) is 11.5 Å². The molecule has 0 unspecified atom stereocenters. The van der Waals surface area contributed by atoms with Crippen LogP contribution in [0.3, 0.4) is 0 Å². The molecule has 1 aromatic heterocycles. The smallest absolute Gasteiger partial charge is 0.338 e. The first-order valence-electron chi connectivity index (χ1n) is 14.3. The van der Waals surface area contributed by atoms with Crippen LogP contribution in [-0.2, 0) is 9.53 Å². The van der Waals surface area contributed by atoms with Gasteiger partial charge in [0.25, 0.3) is 5.56 Å². The molecule has 0 N–H and O–H groups in total. The maximum absolute atomic E-state index is 14.2. The van der Waals surface area contributed by atoms with Gasteiger partial charge in [-0.1, -0.05) is 104 Å². The third-order valence-corrected chi connectivity index (χ3v) is 8.45. The Labute approximate surface area is 265 Å². The number of rotatable bonds is 10. The molecule has 7 nitrogen and oxygen atoms in total. The molecule has 0 saturated carbocycles. The maximum Gasteiger partial charge on any atom is 0.338 e. The third-order valence-electron chi connectivity index (χ3n) is 7.19. The number of ether oxygens (including phenoxy) is 3. The van der Waals surface area contributed by atoms with Crippen molar-refractivity contribution >= 4 is 40.7 Å². The number of aromatic nitrogens is 1. The number of benzene rings is 3. The fraction of sp³-hybridized carbons (Fsp3) is 0.229. The summed E-state index contributed by atoms with van der Waals surface area (Å²) in [7, 11) is 1.52. The van der Waals surface area contributed by atoms with E-state index in [4.69, 9.17) is 30.8 Å². The Morgan fingerprint density at radius 3 is 2.50 bits per heavy atom. The fourth-order valence-electron chi connectivity index (χ4n) is 5.08. The molecule has 0 aliphatic carbocycles. The largest absolute Gasteiger partial charge is 0.493 e. The molecule has 0 fully saturated rings. The number of hydrogen-bond donors (Lipinski definition) is 0. The molecule has 44 heavy (non-hydrogen) atoms. The van der Waals surface area contributed by atoms with E-state index < -0.39 is 12.0 Å². The van der Waals surface area contributed by atoms with Gasteiger partial charge >= 0.3 is 5.97 Å². The zero-order valence-electron chi connectivity index (χ0n) is 25.0. The van der Waals surface area contributed by atoms with E-state index in [0.717, 1.165) is 16.7 Å². The van der Waals surface area contributed by atoms with Gasteiger partial charge < -0.3 is 14.2 Å². The Balaban J connectivity index is 1.77. The highest BCUT2D eigenvalue weighted by molar-refractivity contribution is 7.07. The van der Waals surface area contributed by atoms with Gasteiger partial charge in [-0.05, 0) is 47.7 Å². The van der Waals surface area contributed by atoms with Crippen LogP contribution in [0.25, 0.3) is 11.8 Å². The highest BCUT2D eigenvalue weighted by Crippen LogP contribution is 2.37. The van der Waals surface area contributed by atoms with Crippen molar-refractivity contribution < 1.29 is 19.0 Å². The lowest BCUT2D eigenvalue weighted by Gasteiger charge is -2.26. The number of carbonyl (C=O) groups excluding carboxylic acids is 1. The zero-order chi connectivity index (χ0) is 31.4. The molecule has 0 bridgehead atoms. The molecule has 0 radical (unpaired) electrons. The average molecular weight is 629 g/mol. The van der Waals surface area contributed by atoms with Crippen molar-refractivity contribution in [1.29, 1.82) is 0 Å². The van der Waals surface area contributed by atoms with Crippen molar-refractivity contribution in [1.82, 2.24) is 4.57 Å². The molecule has 5 rings (SSSR count). The summed E-state index contributed by atoms with van der Waals surface area (Å²) in [6.07, 6.45) is 3.36. The molecule has 2 heterocycles. The molecule has 0 amide bonds. The van der Waals surface area contributed by atoms with Gasteiger partial charge in [0.2, 0.25) is 0 Å². The van der Waals surface area contributed by atoms with Crippen molar-refractivity contribution in [3.63, 3.8) is 0 Å². The van der Waals surface area contributed by atoms with Gasteiger partial charge in [-0.15, -0.1) is 0 Å². The zero-order valence-corrected chi connectivity index (χ0v) is 26.6. The maximum atomic E-state index is 14.2. The summed E-state index contributed by atoms with van der Waals surface area (Å²) in [5.41, 5.74) is 3.82. The molecule has 1 aliphatic heterocycles. The van der Waals surface area contributed by atoms with Gasteiger partial charge in [0.15, 0.2) is 16.3 Å². The van der Waals surface area contributed by atoms with Crippen LogP contribution in [0.4, 0.5) is 0 Å². The Morgan fingerprint density at radius 1 is 1.14 bits per heavy atom. The highest BCUT2D eigenvalue weighted by Gasteiger charge is 2.35. The number of nitrogens with zero attached hydrogens (tertiary/aromatic N) is 2. The molecule has 4 aromatic rings. The normalized spacial score (nSPS) is 14.7. The Kier molecular flexibility index (Phi) is 9.52. The van der Waals surface area contributed by atoms with Crippen molar-refractivity contribution in [3.05, 3.63) is 132 Å². The molecule has 0 saturated heterocycles. The van der Waals surface area contributed by atoms with E-state index in [-0.39, 0.29) is 18.8 Å². The summed E-state index contributed by atoms with van der Waals surface area (Å²) in [4.78, 5) is 33.2. The summed E-state index contributed by atoms with van der Waals surface area (Å²) in [5, 5.41) is 0.337. The van der Waals surface area contributed by atoms with Crippen LogP contribution in [0.15, 0.2) is 94.7 Å². The third kappa shape index (κ3) is 6.14. The van der Waals surface area contributed by atoms with Gasteiger partial charge in [0, 0.05) is 5.56 Å². The minimum absolute atomic E-state index is 0.183. The van der Waals surface area contributed by atoms with E-state index in [0.29, 0.717) is 48.6 Å². The second kappa shape index (κ2) is 13.5. The lowest BCUT2D eigenvalue weighted by Crippen LogP contribution is -2.40. The first kappa shape index (κ1) is 31.0. The predicted molar refractivity (Wildman–Crippen MR) is 175 cm³/mol. The monoisotopic (exact) mass is 628 g/mol. The van der Waals surface area contributed by atoms with Crippen LogP contribution >= 0.6 is 22.9 Å². The Bertz CT molecular complexity index is 1910. The Hall–Kier alpha value is -4.40.